The molecule has 4 heteroatoms. The highest BCUT2D eigenvalue weighted by molar-refractivity contribution is 6.30. The minimum Gasteiger partial charge on any atom is -0.480 e. The minimum atomic E-state index is -0.883. The molecule has 0 aromatic heterocycles. The van der Waals surface area contributed by atoms with Crippen LogP contribution < -0.4 is 0 Å². The van der Waals surface area contributed by atoms with E-state index in [2.05, 4.69) is 0 Å². The van der Waals surface area contributed by atoms with E-state index in [0.717, 1.165) is 11.1 Å². The first-order valence-electron chi connectivity index (χ1n) is 5.45. The highest BCUT2D eigenvalue weighted by Crippen LogP contribution is 2.20. The van der Waals surface area contributed by atoms with Crippen LogP contribution in [-0.4, -0.2) is 28.6 Å². The topological polar surface area (TPSA) is 40.5 Å². The van der Waals surface area contributed by atoms with E-state index in [4.69, 9.17) is 16.7 Å². The van der Waals surface area contributed by atoms with Crippen LogP contribution in [0.4, 0.5) is 0 Å². The van der Waals surface area contributed by atoms with Crippen LogP contribution in [0.2, 0.25) is 5.02 Å². The maximum Gasteiger partial charge on any atom is 0.323 e. The van der Waals surface area contributed by atoms with Crippen molar-refractivity contribution in [1.82, 2.24) is 4.90 Å². The Bertz CT molecular complexity index is 429. The zero-order valence-electron chi connectivity index (χ0n) is 10.6. The number of carboxylic acid groups (broad SMARTS) is 1. The van der Waals surface area contributed by atoms with Crippen molar-refractivity contribution >= 4 is 17.6 Å². The predicted molar refractivity (Wildman–Crippen MR) is 69.4 cm³/mol. The van der Waals surface area contributed by atoms with Gasteiger partial charge in [-0.25, -0.2) is 0 Å². The lowest BCUT2D eigenvalue weighted by Gasteiger charge is -2.31. The number of carboxylic acids is 1. The lowest BCUT2D eigenvalue weighted by atomic mass is 10.0. The van der Waals surface area contributed by atoms with Crippen molar-refractivity contribution in [1.29, 1.82) is 0 Å². The Morgan fingerprint density at radius 1 is 1.47 bits per heavy atom. The van der Waals surface area contributed by atoms with Gasteiger partial charge in [0.25, 0.3) is 0 Å². The first kappa shape index (κ1) is 14.0. The van der Waals surface area contributed by atoms with Gasteiger partial charge in [-0.1, -0.05) is 17.7 Å². The second kappa shape index (κ2) is 5.07. The largest absolute Gasteiger partial charge is 0.480 e. The molecule has 0 atom stereocenters. The number of rotatable bonds is 4. The molecule has 0 heterocycles. The summed E-state index contributed by atoms with van der Waals surface area (Å²) in [5, 5.41) is 9.84. The first-order valence-corrected chi connectivity index (χ1v) is 5.82. The van der Waals surface area contributed by atoms with Crippen LogP contribution >= 0.6 is 11.6 Å². The number of carbonyl (C=O) groups is 1. The van der Waals surface area contributed by atoms with Gasteiger partial charge < -0.3 is 5.11 Å². The third kappa shape index (κ3) is 3.20. The fourth-order valence-electron chi connectivity index (χ4n) is 1.45. The molecule has 0 bridgehead atoms. The smallest absolute Gasteiger partial charge is 0.323 e. The number of likely N-dealkylation sites (N-methyl/N-ethyl adjacent to an activating group) is 1. The molecule has 0 saturated heterocycles. The highest BCUT2D eigenvalue weighted by Gasteiger charge is 2.31. The molecule has 0 aliphatic heterocycles. The predicted octanol–water partition coefficient (Wildman–Crippen LogP) is 2.94. The van der Waals surface area contributed by atoms with Gasteiger partial charge >= 0.3 is 5.97 Å². The molecular formula is C13H18ClNO2. The molecule has 0 fully saturated rings. The average molecular weight is 256 g/mol. The lowest BCUT2D eigenvalue weighted by molar-refractivity contribution is -0.148. The summed E-state index contributed by atoms with van der Waals surface area (Å²) < 4.78 is 0. The molecule has 0 spiro atoms. The molecule has 1 rings (SSSR count). The zero-order valence-corrected chi connectivity index (χ0v) is 11.4. The maximum absolute atomic E-state index is 11.1. The molecule has 0 amide bonds. The summed E-state index contributed by atoms with van der Waals surface area (Å²) in [5.41, 5.74) is 1.28. The fourth-order valence-corrected chi connectivity index (χ4v) is 1.68. The van der Waals surface area contributed by atoms with Crippen LogP contribution in [0, 0.1) is 6.92 Å². The van der Waals surface area contributed by atoms with Crippen molar-refractivity contribution in [2.45, 2.75) is 32.9 Å². The standard InChI is InChI=1S/C13H18ClNO2/c1-9-7-11(14)6-5-10(9)8-15(4)13(2,3)12(16)17/h5-7H,8H2,1-4H3,(H,16,17). The van der Waals surface area contributed by atoms with E-state index in [1.54, 1.807) is 13.8 Å². The molecule has 94 valence electrons. The molecule has 1 N–H and O–H groups in total. The quantitative estimate of drug-likeness (QED) is 0.899. The molecule has 0 aliphatic carbocycles. The van der Waals surface area contributed by atoms with Crippen molar-refractivity contribution in [3.63, 3.8) is 0 Å². The van der Waals surface area contributed by atoms with Gasteiger partial charge in [-0.15, -0.1) is 0 Å². The van der Waals surface area contributed by atoms with Gasteiger partial charge in [-0.2, -0.15) is 0 Å². The summed E-state index contributed by atoms with van der Waals surface area (Å²) in [6.45, 7) is 5.95. The van der Waals surface area contributed by atoms with Crippen molar-refractivity contribution < 1.29 is 9.90 Å². The zero-order chi connectivity index (χ0) is 13.2. The van der Waals surface area contributed by atoms with Gasteiger partial charge in [0.1, 0.15) is 5.54 Å². The number of aryl methyl sites for hydroxylation is 1. The summed E-state index contributed by atoms with van der Waals surface area (Å²) in [4.78, 5) is 12.9. The number of hydrogen-bond donors (Lipinski definition) is 1. The molecule has 0 saturated carbocycles. The summed E-state index contributed by atoms with van der Waals surface area (Å²) in [5.74, 6) is -0.827. The number of aliphatic carboxylic acids is 1. The fraction of sp³-hybridized carbons (Fsp3) is 0.462. The van der Waals surface area contributed by atoms with Crippen molar-refractivity contribution in [2.75, 3.05) is 7.05 Å². The molecule has 17 heavy (non-hydrogen) atoms. The average Bonchev–Trinajstić information content (AvgIpc) is 2.21. The molecule has 0 unspecified atom stereocenters. The van der Waals surface area contributed by atoms with Crippen molar-refractivity contribution in [3.05, 3.63) is 34.3 Å². The monoisotopic (exact) mass is 255 g/mol. The van der Waals surface area contributed by atoms with Gasteiger partial charge in [-0.05, 0) is 51.1 Å². The van der Waals surface area contributed by atoms with Crippen LogP contribution in [0.3, 0.4) is 0 Å². The Morgan fingerprint density at radius 2 is 2.06 bits per heavy atom. The lowest BCUT2D eigenvalue weighted by Crippen LogP contribution is -2.47. The Hall–Kier alpha value is -1.06. The highest BCUT2D eigenvalue weighted by atomic mass is 35.5. The van der Waals surface area contributed by atoms with Crippen LogP contribution in [-0.2, 0) is 11.3 Å². The summed E-state index contributed by atoms with van der Waals surface area (Å²) >= 11 is 5.89. The Morgan fingerprint density at radius 3 is 2.53 bits per heavy atom. The van der Waals surface area contributed by atoms with E-state index >= 15 is 0 Å². The second-order valence-corrected chi connectivity index (χ2v) is 5.23. The Labute approximate surface area is 107 Å². The van der Waals surface area contributed by atoms with E-state index in [-0.39, 0.29) is 0 Å². The Balaban J connectivity index is 2.88. The minimum absolute atomic E-state index is 0.586. The van der Waals surface area contributed by atoms with Crippen LogP contribution in [0.1, 0.15) is 25.0 Å². The maximum atomic E-state index is 11.1. The van der Waals surface area contributed by atoms with Crippen LogP contribution in [0.5, 0.6) is 0 Å². The van der Waals surface area contributed by atoms with E-state index in [1.807, 2.05) is 37.1 Å². The summed E-state index contributed by atoms with van der Waals surface area (Å²) in [6.07, 6.45) is 0. The molecule has 1 aromatic carbocycles. The number of halogens is 1. The van der Waals surface area contributed by atoms with Gasteiger partial charge in [0.05, 0.1) is 0 Å². The molecular weight excluding hydrogens is 238 g/mol. The number of benzene rings is 1. The molecule has 0 radical (unpaired) electrons. The third-order valence-electron chi connectivity index (χ3n) is 3.19. The molecule has 3 nitrogen and oxygen atoms in total. The summed E-state index contributed by atoms with van der Waals surface area (Å²) in [7, 11) is 1.81. The molecule has 0 aliphatic rings. The van der Waals surface area contributed by atoms with E-state index in [0.29, 0.717) is 11.6 Å². The van der Waals surface area contributed by atoms with Crippen LogP contribution in [0.25, 0.3) is 0 Å². The normalized spacial score (nSPS) is 11.9. The van der Waals surface area contributed by atoms with Gasteiger partial charge in [0.15, 0.2) is 0 Å². The summed E-state index contributed by atoms with van der Waals surface area (Å²) in [6, 6.07) is 5.65. The van der Waals surface area contributed by atoms with E-state index in [9.17, 15) is 4.79 Å². The first-order chi connectivity index (χ1) is 7.75. The Kier molecular flexibility index (Phi) is 4.17. The van der Waals surface area contributed by atoms with Gasteiger partial charge in [-0.3, -0.25) is 9.69 Å². The second-order valence-electron chi connectivity index (χ2n) is 4.79. The van der Waals surface area contributed by atoms with Gasteiger partial charge in [0.2, 0.25) is 0 Å². The van der Waals surface area contributed by atoms with E-state index in [1.165, 1.54) is 0 Å². The number of hydrogen-bond acceptors (Lipinski definition) is 2. The van der Waals surface area contributed by atoms with Crippen LogP contribution in [0.15, 0.2) is 18.2 Å². The van der Waals surface area contributed by atoms with E-state index < -0.39 is 11.5 Å². The molecule has 1 aromatic rings. The third-order valence-corrected chi connectivity index (χ3v) is 3.42. The van der Waals surface area contributed by atoms with Gasteiger partial charge in [0, 0.05) is 11.6 Å². The van der Waals surface area contributed by atoms with Crippen molar-refractivity contribution in [3.8, 4) is 0 Å². The SMILES string of the molecule is Cc1cc(Cl)ccc1CN(C)C(C)(C)C(=O)O. The van der Waals surface area contributed by atoms with Crippen molar-refractivity contribution in [2.24, 2.45) is 0 Å². The number of nitrogens with zero attached hydrogens (tertiary/aromatic N) is 1.